The largest absolute Gasteiger partial charge is 0.408 e. The normalized spacial score (nSPS) is 15.4. The van der Waals surface area contributed by atoms with Gasteiger partial charge in [0, 0.05) is 17.4 Å². The maximum absolute atomic E-state index is 14.6. The van der Waals surface area contributed by atoms with E-state index in [2.05, 4.69) is 34.4 Å². The predicted molar refractivity (Wildman–Crippen MR) is 142 cm³/mol. The molecule has 0 fully saturated rings. The molecule has 4 aromatic rings. The first-order chi connectivity index (χ1) is 18.1. The summed E-state index contributed by atoms with van der Waals surface area (Å²) in [4.78, 5) is 21.8. The second-order valence-corrected chi connectivity index (χ2v) is 11.4. The molecule has 2 aromatic heterocycles. The second-order valence-electron chi connectivity index (χ2n) is 11.4. The maximum Gasteiger partial charge on any atom is 0.408 e. The van der Waals surface area contributed by atoms with E-state index in [4.69, 9.17) is 0 Å². The van der Waals surface area contributed by atoms with Gasteiger partial charge in [0.2, 0.25) is 5.95 Å². The number of hydrogen-bond acceptors (Lipinski definition) is 5. The van der Waals surface area contributed by atoms with Crippen LogP contribution < -0.4 is 16.2 Å². The van der Waals surface area contributed by atoms with Gasteiger partial charge in [0.05, 0.1) is 5.69 Å². The Morgan fingerprint density at radius 1 is 1.10 bits per heavy atom. The minimum Gasteiger partial charge on any atom is -0.324 e. The van der Waals surface area contributed by atoms with Crippen LogP contribution in [0.5, 0.6) is 0 Å². The molecule has 0 bridgehead atoms. The maximum atomic E-state index is 14.6. The monoisotopic (exact) mass is 542 g/mol. The van der Waals surface area contributed by atoms with Crippen molar-refractivity contribution in [2.24, 2.45) is 0 Å². The summed E-state index contributed by atoms with van der Waals surface area (Å²) in [5.74, 6) is -0.373. The Kier molecular flexibility index (Phi) is 6.32. The molecule has 0 radical (unpaired) electrons. The van der Waals surface area contributed by atoms with Crippen molar-refractivity contribution in [3.63, 3.8) is 0 Å². The summed E-state index contributed by atoms with van der Waals surface area (Å²) in [6.07, 6.45) is -2.62. The summed E-state index contributed by atoms with van der Waals surface area (Å²) >= 11 is 0. The van der Waals surface area contributed by atoms with Crippen LogP contribution in [0.3, 0.4) is 0 Å². The van der Waals surface area contributed by atoms with Crippen molar-refractivity contribution in [1.29, 1.82) is 0 Å². The van der Waals surface area contributed by atoms with Crippen molar-refractivity contribution < 1.29 is 17.6 Å². The lowest BCUT2D eigenvalue weighted by atomic mass is 9.85. The summed E-state index contributed by atoms with van der Waals surface area (Å²) in [6, 6.07) is 9.89. The summed E-state index contributed by atoms with van der Waals surface area (Å²) in [7, 11) is 0. The van der Waals surface area contributed by atoms with E-state index in [0.717, 1.165) is 17.6 Å². The Labute approximate surface area is 222 Å². The van der Waals surface area contributed by atoms with Crippen LogP contribution in [0.4, 0.5) is 29.2 Å². The van der Waals surface area contributed by atoms with Crippen molar-refractivity contribution in [1.82, 2.24) is 24.6 Å². The first-order valence-electron chi connectivity index (χ1n) is 12.7. The van der Waals surface area contributed by atoms with E-state index in [1.54, 1.807) is 20.8 Å². The Bertz CT molecular complexity index is 1630. The number of aromatic nitrogens is 4. The number of fused-ring (bicyclic) bond motifs is 2. The van der Waals surface area contributed by atoms with Crippen molar-refractivity contribution in [2.45, 2.75) is 64.7 Å². The van der Waals surface area contributed by atoms with Gasteiger partial charge in [0.1, 0.15) is 17.7 Å². The molecule has 5 rings (SSSR count). The molecule has 2 N–H and O–H groups in total. The Morgan fingerprint density at radius 2 is 1.85 bits per heavy atom. The van der Waals surface area contributed by atoms with Crippen molar-refractivity contribution in [2.75, 3.05) is 11.9 Å². The number of alkyl halides is 3. The van der Waals surface area contributed by atoms with Crippen LogP contribution in [0.15, 0.2) is 47.4 Å². The van der Waals surface area contributed by atoms with Crippen LogP contribution in [0, 0.1) is 5.82 Å². The van der Waals surface area contributed by atoms with Crippen LogP contribution in [0.1, 0.15) is 51.3 Å². The number of rotatable bonds is 4. The SMILES string of the molecule is CC(C)(C)c1cc(-n2c3nc(Nc4ccc5c(c4)CCNC5(C)C)ncc3c(=O)n2CC(F)(F)F)ccc1F. The molecule has 39 heavy (non-hydrogen) atoms. The highest BCUT2D eigenvalue weighted by Gasteiger charge is 2.32. The van der Waals surface area contributed by atoms with Crippen molar-refractivity contribution >= 4 is 22.7 Å². The smallest absolute Gasteiger partial charge is 0.324 e. The van der Waals surface area contributed by atoms with Crippen LogP contribution in [-0.2, 0) is 23.9 Å². The zero-order chi connectivity index (χ0) is 28.3. The molecule has 0 spiro atoms. The molecule has 1 aliphatic heterocycles. The Morgan fingerprint density at radius 3 is 2.54 bits per heavy atom. The van der Waals surface area contributed by atoms with Gasteiger partial charge in [-0.25, -0.2) is 18.7 Å². The topological polar surface area (TPSA) is 76.8 Å². The van der Waals surface area contributed by atoms with E-state index in [9.17, 15) is 22.4 Å². The molecule has 0 unspecified atom stereocenters. The van der Waals surface area contributed by atoms with Crippen molar-refractivity contribution in [3.8, 4) is 5.69 Å². The molecule has 1 aliphatic rings. The quantitative estimate of drug-likeness (QED) is 0.324. The summed E-state index contributed by atoms with van der Waals surface area (Å²) in [5.41, 5.74) is 1.84. The molecule has 11 heteroatoms. The lowest BCUT2D eigenvalue weighted by molar-refractivity contribution is -0.144. The standard InChI is InChI=1S/C28H30F4N6O/c1-26(2,3)21-13-18(7-9-22(21)29)38-23-19(24(39)37(38)15-28(30,31)32)14-33-25(36-23)35-17-6-8-20-16(12-17)10-11-34-27(20,4)5/h6-9,12-14,34H,10-11,15H2,1-5H3,(H,33,35,36). The van der Waals surface area contributed by atoms with Crippen LogP contribution in [0.2, 0.25) is 0 Å². The fraction of sp³-hybridized carbons (Fsp3) is 0.393. The highest BCUT2D eigenvalue weighted by molar-refractivity contribution is 5.77. The number of hydrogen-bond donors (Lipinski definition) is 2. The molecule has 3 heterocycles. The number of nitrogens with zero attached hydrogens (tertiary/aromatic N) is 4. The molecular formula is C28H30F4N6O. The fourth-order valence-electron chi connectivity index (χ4n) is 5.11. The lowest BCUT2D eigenvalue weighted by Gasteiger charge is -2.34. The predicted octanol–water partition coefficient (Wildman–Crippen LogP) is 5.71. The number of anilines is 2. The minimum atomic E-state index is -4.68. The molecule has 2 aromatic carbocycles. The zero-order valence-electron chi connectivity index (χ0n) is 22.4. The van der Waals surface area contributed by atoms with E-state index >= 15 is 0 Å². The summed E-state index contributed by atoms with van der Waals surface area (Å²) in [5, 5.41) is 6.53. The van der Waals surface area contributed by atoms with E-state index in [-0.39, 0.29) is 28.2 Å². The van der Waals surface area contributed by atoms with E-state index in [0.29, 0.717) is 15.9 Å². The average molecular weight is 543 g/mol. The van der Waals surface area contributed by atoms with Gasteiger partial charge in [-0.15, -0.1) is 0 Å². The Balaban J connectivity index is 1.64. The summed E-state index contributed by atoms with van der Waals surface area (Å²) in [6.45, 7) is 8.91. The lowest BCUT2D eigenvalue weighted by Crippen LogP contribution is -2.42. The van der Waals surface area contributed by atoms with Gasteiger partial charge in [-0.2, -0.15) is 18.2 Å². The zero-order valence-corrected chi connectivity index (χ0v) is 22.4. The first kappa shape index (κ1) is 26.9. The van der Waals surface area contributed by atoms with Gasteiger partial charge in [-0.3, -0.25) is 4.79 Å². The van der Waals surface area contributed by atoms with Gasteiger partial charge in [-0.05, 0) is 79.3 Å². The van der Waals surface area contributed by atoms with Gasteiger partial charge < -0.3 is 10.6 Å². The molecule has 0 aliphatic carbocycles. The third-order valence-corrected chi connectivity index (χ3v) is 7.00. The highest BCUT2D eigenvalue weighted by Crippen LogP contribution is 2.32. The van der Waals surface area contributed by atoms with Gasteiger partial charge >= 0.3 is 6.18 Å². The van der Waals surface area contributed by atoms with Crippen LogP contribution >= 0.6 is 0 Å². The van der Waals surface area contributed by atoms with E-state index in [1.165, 1.54) is 35.5 Å². The average Bonchev–Trinajstić information content (AvgIpc) is 3.08. The van der Waals surface area contributed by atoms with E-state index in [1.807, 2.05) is 18.2 Å². The fourth-order valence-corrected chi connectivity index (χ4v) is 5.11. The third-order valence-electron chi connectivity index (χ3n) is 7.00. The number of benzene rings is 2. The second kappa shape index (κ2) is 9.18. The number of halogens is 4. The Hall–Kier alpha value is -3.73. The highest BCUT2D eigenvalue weighted by atomic mass is 19.4. The molecule has 0 saturated carbocycles. The summed E-state index contributed by atoms with van der Waals surface area (Å²) < 4.78 is 57.0. The van der Waals surface area contributed by atoms with Crippen molar-refractivity contribution in [3.05, 3.63) is 75.5 Å². The third kappa shape index (κ3) is 5.15. The van der Waals surface area contributed by atoms with E-state index < -0.39 is 29.5 Å². The molecule has 7 nitrogen and oxygen atoms in total. The number of nitrogens with one attached hydrogen (secondary N) is 2. The van der Waals surface area contributed by atoms with Gasteiger partial charge in [-0.1, -0.05) is 26.8 Å². The van der Waals surface area contributed by atoms with Crippen LogP contribution in [0.25, 0.3) is 16.7 Å². The molecular weight excluding hydrogens is 512 g/mol. The minimum absolute atomic E-state index is 0.0171. The molecule has 0 amide bonds. The molecule has 0 saturated heterocycles. The molecule has 0 atom stereocenters. The first-order valence-corrected chi connectivity index (χ1v) is 12.7. The van der Waals surface area contributed by atoms with Crippen LogP contribution in [-0.4, -0.2) is 32.1 Å². The molecule has 206 valence electrons. The van der Waals surface area contributed by atoms with Gasteiger partial charge in [0.15, 0.2) is 5.65 Å². The van der Waals surface area contributed by atoms with Gasteiger partial charge in [0.25, 0.3) is 5.56 Å².